The van der Waals surface area contributed by atoms with E-state index < -0.39 is 0 Å². The van der Waals surface area contributed by atoms with Crippen molar-refractivity contribution in [2.24, 2.45) is 11.8 Å². The summed E-state index contributed by atoms with van der Waals surface area (Å²) < 4.78 is 0. The van der Waals surface area contributed by atoms with E-state index in [0.29, 0.717) is 6.04 Å². The van der Waals surface area contributed by atoms with Crippen LogP contribution in [0.2, 0.25) is 0 Å². The van der Waals surface area contributed by atoms with Crippen LogP contribution in [-0.4, -0.2) is 37.1 Å². The van der Waals surface area contributed by atoms with Gasteiger partial charge in [0.1, 0.15) is 0 Å². The molecule has 0 radical (unpaired) electrons. The second-order valence-electron chi connectivity index (χ2n) is 6.40. The highest BCUT2D eigenvalue weighted by atomic mass is 15.2. The summed E-state index contributed by atoms with van der Waals surface area (Å²) in [6, 6.07) is 1.46. The first-order valence-electron chi connectivity index (χ1n) is 7.45. The number of likely N-dealkylation sites (N-methyl/N-ethyl adjacent to an activating group) is 1. The van der Waals surface area contributed by atoms with Crippen LogP contribution < -0.4 is 5.32 Å². The summed E-state index contributed by atoms with van der Waals surface area (Å²) in [6.07, 6.45) is 5.67. The predicted molar refractivity (Wildman–Crippen MR) is 76.4 cm³/mol. The molecule has 1 aliphatic carbocycles. The van der Waals surface area contributed by atoms with Crippen LogP contribution in [0.15, 0.2) is 0 Å². The third-order valence-corrected chi connectivity index (χ3v) is 4.28. The minimum Gasteiger partial charge on any atom is -0.315 e. The van der Waals surface area contributed by atoms with E-state index in [1.165, 1.54) is 25.7 Å². The van der Waals surface area contributed by atoms with Crippen LogP contribution in [0.4, 0.5) is 0 Å². The van der Waals surface area contributed by atoms with E-state index in [9.17, 15) is 0 Å². The lowest BCUT2D eigenvalue weighted by Gasteiger charge is -2.39. The lowest BCUT2D eigenvalue weighted by Crippen LogP contribution is -2.47. The molecule has 0 aromatic carbocycles. The number of nitrogens with one attached hydrogen (secondary N) is 1. The average Bonchev–Trinajstić information content (AvgIpc) is 2.28. The number of rotatable bonds is 6. The Hall–Kier alpha value is -0.0800. The fraction of sp³-hybridized carbons (Fsp3) is 1.00. The summed E-state index contributed by atoms with van der Waals surface area (Å²) in [5, 5.41) is 3.58. The molecule has 0 bridgehead atoms. The van der Waals surface area contributed by atoms with E-state index in [2.05, 4.69) is 45.0 Å². The van der Waals surface area contributed by atoms with Gasteiger partial charge in [-0.3, -0.25) is 4.90 Å². The van der Waals surface area contributed by atoms with E-state index in [4.69, 9.17) is 0 Å². The largest absolute Gasteiger partial charge is 0.315 e. The van der Waals surface area contributed by atoms with Gasteiger partial charge in [-0.15, -0.1) is 0 Å². The van der Waals surface area contributed by atoms with Crippen molar-refractivity contribution in [1.29, 1.82) is 0 Å². The summed E-state index contributed by atoms with van der Waals surface area (Å²) in [4.78, 5) is 2.61. The molecule has 1 N–H and O–H groups in total. The van der Waals surface area contributed by atoms with Crippen LogP contribution in [0.3, 0.4) is 0 Å². The van der Waals surface area contributed by atoms with Gasteiger partial charge in [-0.25, -0.2) is 0 Å². The monoisotopic (exact) mass is 240 g/mol. The molecule has 1 aliphatic rings. The smallest absolute Gasteiger partial charge is 0.0192 e. The normalized spacial score (nSPS) is 27.7. The molecule has 17 heavy (non-hydrogen) atoms. The Morgan fingerprint density at radius 3 is 2.35 bits per heavy atom. The molecule has 0 aromatic rings. The van der Waals surface area contributed by atoms with Crippen molar-refractivity contribution >= 4 is 0 Å². The van der Waals surface area contributed by atoms with Crippen molar-refractivity contribution in [2.45, 2.75) is 65.5 Å². The van der Waals surface area contributed by atoms with Crippen molar-refractivity contribution in [2.75, 3.05) is 20.1 Å². The first-order chi connectivity index (χ1) is 8.02. The highest BCUT2D eigenvalue weighted by molar-refractivity contribution is 4.82. The molecule has 3 atom stereocenters. The van der Waals surface area contributed by atoms with Gasteiger partial charge in [0.15, 0.2) is 0 Å². The Bertz CT molecular complexity index is 203. The van der Waals surface area contributed by atoms with Crippen LogP contribution in [0.25, 0.3) is 0 Å². The summed E-state index contributed by atoms with van der Waals surface area (Å²) in [6.45, 7) is 11.6. The van der Waals surface area contributed by atoms with Gasteiger partial charge in [0.05, 0.1) is 0 Å². The van der Waals surface area contributed by atoms with E-state index in [1.807, 2.05) is 0 Å². The van der Waals surface area contributed by atoms with Crippen LogP contribution in [0.5, 0.6) is 0 Å². The van der Waals surface area contributed by atoms with Crippen LogP contribution in [0, 0.1) is 11.8 Å². The van der Waals surface area contributed by atoms with Crippen molar-refractivity contribution in [3.05, 3.63) is 0 Å². The van der Waals surface area contributed by atoms with Gasteiger partial charge in [0, 0.05) is 18.6 Å². The lowest BCUT2D eigenvalue weighted by molar-refractivity contribution is 0.103. The molecule has 0 amide bonds. The van der Waals surface area contributed by atoms with Gasteiger partial charge in [0.25, 0.3) is 0 Å². The second-order valence-corrected chi connectivity index (χ2v) is 6.40. The topological polar surface area (TPSA) is 15.3 Å². The Kier molecular flexibility index (Phi) is 6.50. The molecule has 0 heterocycles. The first kappa shape index (κ1) is 15.0. The van der Waals surface area contributed by atoms with Gasteiger partial charge in [0.2, 0.25) is 0 Å². The molecule has 1 fully saturated rings. The van der Waals surface area contributed by atoms with Crippen molar-refractivity contribution < 1.29 is 0 Å². The van der Waals surface area contributed by atoms with Gasteiger partial charge in [-0.1, -0.05) is 33.6 Å². The maximum Gasteiger partial charge on any atom is 0.0192 e. The zero-order chi connectivity index (χ0) is 12.8. The summed E-state index contributed by atoms with van der Waals surface area (Å²) >= 11 is 0. The Morgan fingerprint density at radius 2 is 1.76 bits per heavy atom. The molecule has 1 saturated carbocycles. The van der Waals surface area contributed by atoms with Crippen molar-refractivity contribution in [3.63, 3.8) is 0 Å². The lowest BCUT2D eigenvalue weighted by atomic mass is 9.84. The van der Waals surface area contributed by atoms with Gasteiger partial charge >= 0.3 is 0 Å². The van der Waals surface area contributed by atoms with Gasteiger partial charge in [-0.05, 0) is 45.2 Å². The molecular weight excluding hydrogens is 208 g/mol. The van der Waals surface area contributed by atoms with Crippen LogP contribution in [0.1, 0.15) is 53.4 Å². The maximum absolute atomic E-state index is 3.58. The number of hydrogen-bond donors (Lipinski definition) is 1. The van der Waals surface area contributed by atoms with Crippen molar-refractivity contribution in [1.82, 2.24) is 10.2 Å². The highest BCUT2D eigenvalue weighted by Gasteiger charge is 2.27. The number of hydrogen-bond acceptors (Lipinski definition) is 2. The molecule has 0 spiro atoms. The van der Waals surface area contributed by atoms with Gasteiger partial charge < -0.3 is 5.32 Å². The minimum absolute atomic E-state index is 0.652. The molecule has 1 rings (SSSR count). The zero-order valence-corrected chi connectivity index (χ0v) is 12.5. The standard InChI is InChI=1S/C15H32N2/c1-12(2)10-16-11-14(4)17(5)15-9-7-6-8-13(15)3/h12-16H,6-11H2,1-5H3. The second kappa shape index (κ2) is 7.38. The van der Waals surface area contributed by atoms with Crippen LogP contribution >= 0.6 is 0 Å². The zero-order valence-electron chi connectivity index (χ0n) is 12.5. The molecule has 0 aromatic heterocycles. The first-order valence-corrected chi connectivity index (χ1v) is 7.45. The Morgan fingerprint density at radius 1 is 1.12 bits per heavy atom. The van der Waals surface area contributed by atoms with E-state index in [1.54, 1.807) is 0 Å². The fourth-order valence-corrected chi connectivity index (χ4v) is 2.95. The van der Waals surface area contributed by atoms with Crippen molar-refractivity contribution in [3.8, 4) is 0 Å². The Balaban J connectivity index is 2.31. The molecule has 2 heteroatoms. The van der Waals surface area contributed by atoms with Gasteiger partial charge in [-0.2, -0.15) is 0 Å². The third-order valence-electron chi connectivity index (χ3n) is 4.28. The molecule has 0 saturated heterocycles. The molecular formula is C15H32N2. The SMILES string of the molecule is CC(C)CNCC(C)N(C)C1CCCCC1C. The minimum atomic E-state index is 0.652. The average molecular weight is 240 g/mol. The Labute approximate surface area is 108 Å². The highest BCUT2D eigenvalue weighted by Crippen LogP contribution is 2.28. The van der Waals surface area contributed by atoms with Crippen LogP contribution in [-0.2, 0) is 0 Å². The molecule has 102 valence electrons. The summed E-state index contributed by atoms with van der Waals surface area (Å²) in [7, 11) is 2.31. The van der Waals surface area contributed by atoms with E-state index in [-0.39, 0.29) is 0 Å². The molecule has 0 aliphatic heterocycles. The summed E-state index contributed by atoms with van der Waals surface area (Å²) in [5.41, 5.74) is 0. The molecule has 3 unspecified atom stereocenters. The molecule has 2 nitrogen and oxygen atoms in total. The third kappa shape index (κ3) is 4.97. The van der Waals surface area contributed by atoms with E-state index in [0.717, 1.165) is 31.0 Å². The quantitative estimate of drug-likeness (QED) is 0.767. The predicted octanol–water partition coefficient (Wildman–Crippen LogP) is 3.13. The van der Waals surface area contributed by atoms with E-state index >= 15 is 0 Å². The fourth-order valence-electron chi connectivity index (χ4n) is 2.95. The number of nitrogens with zero attached hydrogens (tertiary/aromatic N) is 1. The summed E-state index contributed by atoms with van der Waals surface area (Å²) in [5.74, 6) is 1.63. The maximum atomic E-state index is 3.58.